The third-order valence-electron chi connectivity index (χ3n) is 0.783. The molecule has 54 valence electrons. The van der Waals surface area contributed by atoms with Crippen LogP contribution in [0.5, 0.6) is 0 Å². The maximum absolute atomic E-state index is 10.3. The number of thioether (sulfide) groups is 1. The van der Waals surface area contributed by atoms with Crippen LogP contribution in [0.4, 0.5) is 0 Å². The zero-order chi connectivity index (χ0) is 8.15. The Hall–Kier alpha value is -0.445. The van der Waals surface area contributed by atoms with Crippen molar-refractivity contribution in [1.29, 1.82) is 0 Å². The summed E-state index contributed by atoms with van der Waals surface area (Å²) in [4.78, 5) is 20.3. The highest BCUT2D eigenvalue weighted by Gasteiger charge is 2.10. The summed E-state index contributed by atoms with van der Waals surface area (Å²) < 4.78 is 0. The molecule has 0 amide bonds. The summed E-state index contributed by atoms with van der Waals surface area (Å²) in [7, 11) is 5.09. The van der Waals surface area contributed by atoms with Crippen molar-refractivity contribution in [3.8, 4) is 0 Å². The third-order valence-corrected chi connectivity index (χ3v) is 1.72. The van der Waals surface area contributed by atoms with Gasteiger partial charge in [-0.15, -0.1) is 0 Å². The van der Waals surface area contributed by atoms with Gasteiger partial charge in [-0.2, -0.15) is 0 Å². The van der Waals surface area contributed by atoms with E-state index in [1.165, 1.54) is 6.92 Å². The molecule has 0 unspecified atom stereocenters. The standard InChI is InChI=1S/C5H7BO3S/c1-3(7)10-2-4(6)5(8)9/h4H,2H2,1H3,(H,8,9)/t4-/m1/s1. The van der Waals surface area contributed by atoms with E-state index in [1.807, 2.05) is 0 Å². The first-order valence-corrected chi connectivity index (χ1v) is 3.64. The largest absolute Gasteiger partial charge is 0.482 e. The van der Waals surface area contributed by atoms with E-state index in [0.29, 0.717) is 0 Å². The minimum Gasteiger partial charge on any atom is -0.482 e. The molecule has 0 saturated carbocycles. The van der Waals surface area contributed by atoms with Crippen LogP contribution in [0.2, 0.25) is 5.82 Å². The van der Waals surface area contributed by atoms with Gasteiger partial charge in [-0.1, -0.05) is 11.8 Å². The molecule has 0 fully saturated rings. The molecule has 0 rings (SSSR count). The summed E-state index contributed by atoms with van der Waals surface area (Å²) in [6, 6.07) is 0. The lowest BCUT2D eigenvalue weighted by molar-refractivity contribution is -0.136. The lowest BCUT2D eigenvalue weighted by Gasteiger charge is -2.01. The Morgan fingerprint density at radius 3 is 2.50 bits per heavy atom. The van der Waals surface area contributed by atoms with E-state index in [4.69, 9.17) is 13.0 Å². The molecular formula is C5H7BO3S. The molecule has 0 aliphatic rings. The lowest BCUT2D eigenvalue weighted by atomic mass is 9.90. The first kappa shape index (κ1) is 9.55. The van der Waals surface area contributed by atoms with E-state index >= 15 is 0 Å². The normalized spacial score (nSPS) is 12.5. The lowest BCUT2D eigenvalue weighted by Crippen LogP contribution is -2.10. The second kappa shape index (κ2) is 4.38. The summed E-state index contributed by atoms with van der Waals surface area (Å²) in [6.45, 7) is 1.37. The van der Waals surface area contributed by atoms with Gasteiger partial charge in [0.2, 0.25) is 0 Å². The number of hydrogen-bond donors (Lipinski definition) is 1. The Bertz CT molecular complexity index is 148. The second-order valence-electron chi connectivity index (χ2n) is 1.75. The fourth-order valence-electron chi connectivity index (χ4n) is 0.278. The first-order chi connectivity index (χ1) is 4.54. The molecule has 10 heavy (non-hydrogen) atoms. The van der Waals surface area contributed by atoms with Gasteiger partial charge in [-0.25, -0.2) is 0 Å². The fourth-order valence-corrected chi connectivity index (χ4v) is 0.835. The Balaban J connectivity index is 3.49. The zero-order valence-corrected chi connectivity index (χ0v) is 6.35. The van der Waals surface area contributed by atoms with Crippen molar-refractivity contribution in [2.24, 2.45) is 0 Å². The van der Waals surface area contributed by atoms with Crippen LogP contribution in [0.15, 0.2) is 0 Å². The average Bonchev–Trinajstić information content (AvgIpc) is 1.82. The molecule has 1 atom stereocenters. The van der Waals surface area contributed by atoms with Crippen molar-refractivity contribution in [3.63, 3.8) is 0 Å². The molecule has 5 heteroatoms. The number of rotatable bonds is 3. The van der Waals surface area contributed by atoms with Crippen molar-refractivity contribution in [3.05, 3.63) is 0 Å². The van der Waals surface area contributed by atoms with Gasteiger partial charge in [0.1, 0.15) is 0 Å². The SMILES string of the molecule is [B][C@H](CSC(C)=O)C(=O)O. The van der Waals surface area contributed by atoms with Crippen LogP contribution < -0.4 is 0 Å². The summed E-state index contributed by atoms with van der Waals surface area (Å²) >= 11 is 0.923. The van der Waals surface area contributed by atoms with Crippen molar-refractivity contribution in [2.75, 3.05) is 5.75 Å². The van der Waals surface area contributed by atoms with Gasteiger partial charge in [-0.05, 0) is 0 Å². The van der Waals surface area contributed by atoms with E-state index in [2.05, 4.69) is 0 Å². The van der Waals surface area contributed by atoms with Crippen molar-refractivity contribution in [1.82, 2.24) is 0 Å². The number of hydrogen-bond acceptors (Lipinski definition) is 3. The molecular weight excluding hydrogens is 151 g/mol. The van der Waals surface area contributed by atoms with E-state index in [9.17, 15) is 9.59 Å². The molecule has 0 aliphatic carbocycles. The number of carboxylic acid groups (broad SMARTS) is 1. The molecule has 2 radical (unpaired) electrons. The van der Waals surface area contributed by atoms with Gasteiger partial charge in [0.25, 0.3) is 5.97 Å². The molecule has 0 bridgehead atoms. The quantitative estimate of drug-likeness (QED) is 0.600. The van der Waals surface area contributed by atoms with Crippen LogP contribution in [0.1, 0.15) is 6.92 Å². The van der Waals surface area contributed by atoms with Crippen LogP contribution >= 0.6 is 11.8 Å². The van der Waals surface area contributed by atoms with E-state index in [1.54, 1.807) is 0 Å². The van der Waals surface area contributed by atoms with E-state index in [0.717, 1.165) is 11.8 Å². The maximum Gasteiger partial charge on any atom is 0.298 e. The van der Waals surface area contributed by atoms with Gasteiger partial charge < -0.3 is 5.11 Å². The minimum absolute atomic E-state index is 0.114. The topological polar surface area (TPSA) is 54.4 Å². The fraction of sp³-hybridized carbons (Fsp3) is 0.600. The van der Waals surface area contributed by atoms with Crippen LogP contribution in [-0.2, 0) is 9.59 Å². The highest BCUT2D eigenvalue weighted by atomic mass is 32.2. The number of carbonyl (C=O) groups is 2. The second-order valence-corrected chi connectivity index (χ2v) is 2.94. The van der Waals surface area contributed by atoms with Crippen molar-refractivity contribution in [2.45, 2.75) is 12.7 Å². The monoisotopic (exact) mass is 158 g/mol. The van der Waals surface area contributed by atoms with E-state index in [-0.39, 0.29) is 10.9 Å². The average molecular weight is 158 g/mol. The van der Waals surface area contributed by atoms with Gasteiger partial charge in [0, 0.05) is 18.5 Å². The Labute approximate surface area is 64.6 Å². The van der Waals surface area contributed by atoms with Crippen molar-refractivity contribution >= 4 is 30.7 Å². The zero-order valence-electron chi connectivity index (χ0n) is 5.53. The Morgan fingerprint density at radius 2 is 2.20 bits per heavy atom. The van der Waals surface area contributed by atoms with Crippen LogP contribution in [-0.4, -0.2) is 29.8 Å². The molecule has 1 N–H and O–H groups in total. The summed E-state index contributed by atoms with van der Waals surface area (Å²) in [5.41, 5.74) is 0. The predicted octanol–water partition coefficient (Wildman–Crippen LogP) is 0.308. The Morgan fingerprint density at radius 1 is 1.70 bits per heavy atom. The molecule has 0 heterocycles. The van der Waals surface area contributed by atoms with Crippen molar-refractivity contribution < 1.29 is 14.7 Å². The number of carboxylic acids is 1. The maximum atomic E-state index is 10.3. The summed E-state index contributed by atoms with van der Waals surface area (Å²) in [6.07, 6.45) is 0. The molecule has 0 spiro atoms. The molecule has 0 saturated heterocycles. The van der Waals surface area contributed by atoms with Gasteiger partial charge >= 0.3 is 0 Å². The first-order valence-electron chi connectivity index (χ1n) is 2.65. The summed E-state index contributed by atoms with van der Waals surface area (Å²) in [5, 5.41) is 8.13. The molecule has 0 aliphatic heterocycles. The highest BCUT2D eigenvalue weighted by molar-refractivity contribution is 8.13. The Kier molecular flexibility index (Phi) is 4.19. The molecule has 0 aromatic carbocycles. The van der Waals surface area contributed by atoms with Gasteiger partial charge in [0.05, 0.1) is 7.85 Å². The number of aliphatic carboxylic acids is 1. The number of carbonyl (C=O) groups excluding carboxylic acids is 1. The minimum atomic E-state index is -1.08. The van der Waals surface area contributed by atoms with E-state index < -0.39 is 11.8 Å². The highest BCUT2D eigenvalue weighted by Crippen LogP contribution is 2.10. The predicted molar refractivity (Wildman–Crippen MR) is 40.3 cm³/mol. The molecule has 3 nitrogen and oxygen atoms in total. The van der Waals surface area contributed by atoms with Gasteiger partial charge in [0.15, 0.2) is 5.12 Å². The summed E-state index contributed by atoms with van der Waals surface area (Å²) in [5.74, 6) is -1.87. The molecule has 0 aromatic heterocycles. The van der Waals surface area contributed by atoms with Crippen LogP contribution in [0, 0.1) is 0 Å². The van der Waals surface area contributed by atoms with Crippen LogP contribution in [0.3, 0.4) is 0 Å². The molecule has 0 aromatic rings. The van der Waals surface area contributed by atoms with Gasteiger partial charge in [-0.3, -0.25) is 9.59 Å². The smallest absolute Gasteiger partial charge is 0.298 e. The third kappa shape index (κ3) is 4.44. The van der Waals surface area contributed by atoms with Crippen LogP contribution in [0.25, 0.3) is 0 Å².